The second kappa shape index (κ2) is 2.28. The molecule has 5 heavy (non-hydrogen) atoms. The summed E-state index contributed by atoms with van der Waals surface area (Å²) in [6.45, 7) is 5.41. The van der Waals surface area contributed by atoms with Crippen LogP contribution in [0.15, 0.2) is 11.6 Å². The third kappa shape index (κ3) is 4.03. The fraction of sp³-hybridized carbons (Fsp3) is 0.500. The van der Waals surface area contributed by atoms with E-state index in [4.69, 9.17) is 11.6 Å². The summed E-state index contributed by atoms with van der Waals surface area (Å²) < 4.78 is 0. The highest BCUT2D eigenvalue weighted by atomic mass is 35.5. The molecule has 0 N–H and O–H groups in total. The van der Waals surface area contributed by atoms with Crippen molar-refractivity contribution < 1.29 is 0 Å². The van der Waals surface area contributed by atoms with Crippen molar-refractivity contribution in [3.8, 4) is 0 Å². The minimum absolute atomic E-state index is 0.727. The molecule has 0 aliphatic rings. The lowest BCUT2D eigenvalue weighted by Gasteiger charge is -1.76. The molecule has 0 aromatic rings. The van der Waals surface area contributed by atoms with Gasteiger partial charge in [0.2, 0.25) is 0 Å². The predicted octanol–water partition coefficient (Wildman–Crippen LogP) is 2.15. The van der Waals surface area contributed by atoms with Crippen molar-refractivity contribution in [3.05, 3.63) is 11.6 Å². The van der Waals surface area contributed by atoms with Crippen LogP contribution in [0.4, 0.5) is 0 Å². The second-order valence-electron chi connectivity index (χ2n) is 0.871. The van der Waals surface area contributed by atoms with Gasteiger partial charge in [-0.15, -0.1) is 0 Å². The highest BCUT2D eigenvalue weighted by Crippen LogP contribution is 1.98. The van der Waals surface area contributed by atoms with Crippen LogP contribution in [0, 0.1) is 0 Å². The Morgan fingerprint density at radius 1 is 2.00 bits per heavy atom. The van der Waals surface area contributed by atoms with Crippen LogP contribution in [-0.4, -0.2) is 0 Å². The van der Waals surface area contributed by atoms with Crippen molar-refractivity contribution >= 4 is 11.6 Å². The molecule has 0 saturated heterocycles. The Hall–Kier alpha value is 0.0300. The molecule has 0 heterocycles. The van der Waals surface area contributed by atoms with Gasteiger partial charge in [-0.25, -0.2) is 0 Å². The van der Waals surface area contributed by atoms with E-state index in [1.165, 1.54) is 0 Å². The second-order valence-corrected chi connectivity index (χ2v) is 1.41. The molecule has 0 aliphatic carbocycles. The van der Waals surface area contributed by atoms with E-state index in [2.05, 4.69) is 6.58 Å². The highest BCUT2D eigenvalue weighted by Gasteiger charge is 1.71. The van der Waals surface area contributed by atoms with Crippen molar-refractivity contribution in [1.82, 2.24) is 0 Å². The molecule has 0 aromatic heterocycles. The summed E-state index contributed by atoms with van der Waals surface area (Å²) in [5.41, 5.74) is 0. The number of hydrogen-bond donors (Lipinski definition) is 0. The number of allylic oxidation sites excluding steroid dienone is 1. The van der Waals surface area contributed by atoms with E-state index >= 15 is 0 Å². The summed E-state index contributed by atoms with van der Waals surface area (Å²) in [5, 5.41) is 0.727. The van der Waals surface area contributed by atoms with Crippen molar-refractivity contribution in [2.75, 3.05) is 0 Å². The Morgan fingerprint density at radius 3 is 2.20 bits per heavy atom. The maximum atomic E-state index is 5.27. The molecule has 1 heteroatoms. The molecule has 30 valence electrons. The number of hydrogen-bond acceptors (Lipinski definition) is 0. The van der Waals surface area contributed by atoms with Gasteiger partial charge in [0.25, 0.3) is 0 Å². The Kier molecular flexibility index (Phi) is 2.29. The number of rotatable bonds is 1. The first kappa shape index (κ1) is 5.03. The van der Waals surface area contributed by atoms with Gasteiger partial charge in [-0.3, -0.25) is 0 Å². The van der Waals surface area contributed by atoms with Crippen molar-refractivity contribution in [2.24, 2.45) is 0 Å². The molecule has 0 spiro atoms. The van der Waals surface area contributed by atoms with Crippen LogP contribution in [0.1, 0.15) is 13.3 Å². The van der Waals surface area contributed by atoms with Gasteiger partial charge in [0.05, 0.1) is 0 Å². The van der Waals surface area contributed by atoms with E-state index < -0.39 is 0 Å². The lowest BCUT2D eigenvalue weighted by Crippen LogP contribution is -1.53. The van der Waals surface area contributed by atoms with Crippen LogP contribution in [0.5, 0.6) is 0 Å². The molecule has 0 amide bonds. The van der Waals surface area contributed by atoms with Gasteiger partial charge in [0.1, 0.15) is 0 Å². The lowest BCUT2D eigenvalue weighted by atomic mass is 10.5. The molecule has 0 atom stereocenters. The van der Waals surface area contributed by atoms with Crippen LogP contribution >= 0.6 is 11.6 Å². The van der Waals surface area contributed by atoms with Crippen LogP contribution in [0.25, 0.3) is 0 Å². The van der Waals surface area contributed by atoms with Gasteiger partial charge < -0.3 is 0 Å². The van der Waals surface area contributed by atoms with Crippen LogP contribution in [0.3, 0.4) is 0 Å². The molecule has 0 aliphatic heterocycles. The summed E-state index contributed by atoms with van der Waals surface area (Å²) in [5.74, 6) is 0. The zero-order valence-electron chi connectivity index (χ0n) is 3.29. The molecule has 0 nitrogen and oxygen atoms in total. The minimum Gasteiger partial charge on any atom is -0.0898 e. The smallest absolute Gasteiger partial charge is 0.0106 e. The van der Waals surface area contributed by atoms with E-state index in [-0.39, 0.29) is 0 Å². The molecular weight excluding hydrogens is 83.5 g/mol. The fourth-order valence-corrected chi connectivity index (χ4v) is 0. The van der Waals surface area contributed by atoms with Crippen molar-refractivity contribution in [2.45, 2.75) is 13.3 Å². The maximum Gasteiger partial charge on any atom is 0.0106 e. The third-order valence-electron chi connectivity index (χ3n) is 0.384. The van der Waals surface area contributed by atoms with E-state index in [9.17, 15) is 0 Å². The van der Waals surface area contributed by atoms with E-state index in [1.54, 1.807) is 0 Å². The van der Waals surface area contributed by atoms with Crippen LogP contribution in [-0.2, 0) is 0 Å². The van der Waals surface area contributed by atoms with Gasteiger partial charge in [0.15, 0.2) is 0 Å². The average molecular weight is 90.6 g/mol. The van der Waals surface area contributed by atoms with Crippen molar-refractivity contribution in [3.63, 3.8) is 0 Å². The molecule has 0 saturated carbocycles. The monoisotopic (exact) mass is 90.0 g/mol. The molecule has 0 aromatic carbocycles. The topological polar surface area (TPSA) is 0 Å². The van der Waals surface area contributed by atoms with E-state index in [0.29, 0.717) is 0 Å². The van der Waals surface area contributed by atoms with Crippen molar-refractivity contribution in [1.29, 1.82) is 0 Å². The van der Waals surface area contributed by atoms with E-state index in [1.807, 2.05) is 6.92 Å². The quantitative estimate of drug-likeness (QED) is 0.463. The zero-order valence-corrected chi connectivity index (χ0v) is 4.05. The largest absolute Gasteiger partial charge is 0.0898 e. The zero-order chi connectivity index (χ0) is 4.28. The van der Waals surface area contributed by atoms with Crippen LogP contribution < -0.4 is 0 Å². The minimum atomic E-state index is 0.727. The first-order valence-electron chi connectivity index (χ1n) is 1.60. The molecule has 0 rings (SSSR count). The highest BCUT2D eigenvalue weighted by molar-refractivity contribution is 6.29. The molecular formula is C4H7Cl. The normalized spacial score (nSPS) is 7.60. The Morgan fingerprint density at radius 2 is 2.20 bits per heavy atom. The summed E-state index contributed by atoms with van der Waals surface area (Å²) in [4.78, 5) is 0. The Balaban J connectivity index is 2.85. The maximum absolute atomic E-state index is 5.27. The Bertz CT molecular complexity index is 38.9. The van der Waals surface area contributed by atoms with Gasteiger partial charge in [-0.2, -0.15) is 0 Å². The molecule has 0 radical (unpaired) electrons. The molecule has 0 unspecified atom stereocenters. The molecule has 0 fully saturated rings. The summed E-state index contributed by atoms with van der Waals surface area (Å²) >= 11 is 5.27. The van der Waals surface area contributed by atoms with Gasteiger partial charge in [0, 0.05) is 5.03 Å². The third-order valence-corrected chi connectivity index (χ3v) is 0.651. The Labute approximate surface area is 37.4 Å². The molecule has 0 bridgehead atoms. The predicted molar refractivity (Wildman–Crippen MR) is 25.3 cm³/mol. The first-order chi connectivity index (χ1) is 2.27. The van der Waals surface area contributed by atoms with Gasteiger partial charge >= 0.3 is 0 Å². The first-order valence-corrected chi connectivity index (χ1v) is 1.98. The van der Waals surface area contributed by atoms with Gasteiger partial charge in [-0.05, 0) is 6.42 Å². The number of halogens is 1. The summed E-state index contributed by atoms with van der Waals surface area (Å²) in [7, 11) is 0. The average Bonchev–Trinajstić information content (AvgIpc) is 1.38. The lowest BCUT2D eigenvalue weighted by molar-refractivity contribution is 1.20. The van der Waals surface area contributed by atoms with Crippen LogP contribution in [0.2, 0.25) is 0 Å². The van der Waals surface area contributed by atoms with E-state index in [0.717, 1.165) is 11.5 Å². The fourth-order valence-electron chi connectivity index (χ4n) is 0. The SMILES string of the molecule is C=C(Cl)CC. The van der Waals surface area contributed by atoms with Gasteiger partial charge in [-0.1, -0.05) is 25.1 Å². The summed E-state index contributed by atoms with van der Waals surface area (Å²) in [6.07, 6.45) is 0.877. The standard InChI is InChI=1S/C4H7Cl/c1-3-4(2)5/h2-3H2,1H3. The summed E-state index contributed by atoms with van der Waals surface area (Å²) in [6, 6.07) is 0.